The SMILES string of the molecule is CC(CNC(=O)CCS(=O)(=O)c1ccccc1)c1ccccc1. The maximum Gasteiger partial charge on any atom is 0.221 e. The van der Waals surface area contributed by atoms with Gasteiger partial charge in [-0.15, -0.1) is 0 Å². The number of rotatable bonds is 7. The number of amides is 1. The Hall–Kier alpha value is -2.14. The maximum absolute atomic E-state index is 12.1. The molecule has 2 rings (SSSR count). The number of carbonyl (C=O) groups is 1. The van der Waals surface area contributed by atoms with Gasteiger partial charge in [-0.1, -0.05) is 55.5 Å². The normalized spacial score (nSPS) is 12.6. The summed E-state index contributed by atoms with van der Waals surface area (Å²) in [7, 11) is -3.41. The van der Waals surface area contributed by atoms with Gasteiger partial charge in [0.25, 0.3) is 0 Å². The van der Waals surface area contributed by atoms with Crippen molar-refractivity contribution in [2.24, 2.45) is 0 Å². The van der Waals surface area contributed by atoms with Crippen molar-refractivity contribution in [1.29, 1.82) is 0 Å². The van der Waals surface area contributed by atoms with Crippen molar-refractivity contribution < 1.29 is 13.2 Å². The first-order valence-electron chi connectivity index (χ1n) is 7.58. The van der Waals surface area contributed by atoms with Crippen LogP contribution in [0.2, 0.25) is 0 Å². The first kappa shape index (κ1) is 17.2. The number of hydrogen-bond donors (Lipinski definition) is 1. The number of carbonyl (C=O) groups excluding carboxylic acids is 1. The van der Waals surface area contributed by atoms with Gasteiger partial charge in [0.15, 0.2) is 9.84 Å². The van der Waals surface area contributed by atoms with Gasteiger partial charge < -0.3 is 5.32 Å². The van der Waals surface area contributed by atoms with Gasteiger partial charge in [0, 0.05) is 13.0 Å². The van der Waals surface area contributed by atoms with E-state index >= 15 is 0 Å². The summed E-state index contributed by atoms with van der Waals surface area (Å²) in [5.41, 5.74) is 1.14. The highest BCUT2D eigenvalue weighted by atomic mass is 32.2. The zero-order chi connectivity index (χ0) is 16.7. The first-order valence-corrected chi connectivity index (χ1v) is 9.24. The molecule has 0 heterocycles. The summed E-state index contributed by atoms with van der Waals surface area (Å²) in [4.78, 5) is 12.1. The Kier molecular flexibility index (Phi) is 5.93. The molecular formula is C18H21NO3S. The van der Waals surface area contributed by atoms with E-state index in [0.717, 1.165) is 5.56 Å². The molecule has 0 aliphatic heterocycles. The summed E-state index contributed by atoms with van der Waals surface area (Å²) in [6, 6.07) is 18.1. The molecule has 0 radical (unpaired) electrons. The third-order valence-corrected chi connectivity index (χ3v) is 5.41. The van der Waals surface area contributed by atoms with Crippen LogP contribution in [0, 0.1) is 0 Å². The molecule has 1 N–H and O–H groups in total. The number of nitrogens with one attached hydrogen (secondary N) is 1. The average Bonchev–Trinajstić information content (AvgIpc) is 2.59. The molecule has 1 amide bonds. The minimum Gasteiger partial charge on any atom is -0.355 e. The van der Waals surface area contributed by atoms with Gasteiger partial charge in [-0.25, -0.2) is 8.42 Å². The van der Waals surface area contributed by atoms with Gasteiger partial charge in [-0.05, 0) is 23.6 Å². The van der Waals surface area contributed by atoms with E-state index in [9.17, 15) is 13.2 Å². The fourth-order valence-corrected chi connectivity index (χ4v) is 3.49. The van der Waals surface area contributed by atoms with Crippen LogP contribution in [-0.4, -0.2) is 26.6 Å². The van der Waals surface area contributed by atoms with Crippen LogP contribution >= 0.6 is 0 Å². The Bertz CT molecular complexity index is 727. The van der Waals surface area contributed by atoms with Crippen LogP contribution in [0.5, 0.6) is 0 Å². The van der Waals surface area contributed by atoms with E-state index in [1.807, 2.05) is 37.3 Å². The Balaban J connectivity index is 1.82. The molecule has 23 heavy (non-hydrogen) atoms. The van der Waals surface area contributed by atoms with Crippen LogP contribution in [0.15, 0.2) is 65.6 Å². The number of sulfone groups is 1. The molecular weight excluding hydrogens is 310 g/mol. The minimum atomic E-state index is -3.41. The highest BCUT2D eigenvalue weighted by Crippen LogP contribution is 2.14. The van der Waals surface area contributed by atoms with Gasteiger partial charge in [0.2, 0.25) is 5.91 Å². The van der Waals surface area contributed by atoms with Gasteiger partial charge >= 0.3 is 0 Å². The summed E-state index contributed by atoms with van der Waals surface area (Å²) in [5, 5.41) is 2.80. The largest absolute Gasteiger partial charge is 0.355 e. The molecule has 5 heteroatoms. The Morgan fingerprint density at radius 2 is 1.57 bits per heavy atom. The predicted molar refractivity (Wildman–Crippen MR) is 91.0 cm³/mol. The van der Waals surface area contributed by atoms with E-state index in [0.29, 0.717) is 6.54 Å². The average molecular weight is 331 g/mol. The molecule has 0 saturated carbocycles. The quantitative estimate of drug-likeness (QED) is 0.848. The fraction of sp³-hybridized carbons (Fsp3) is 0.278. The number of benzene rings is 2. The van der Waals surface area contributed by atoms with E-state index in [1.54, 1.807) is 30.3 Å². The molecule has 2 aromatic rings. The van der Waals surface area contributed by atoms with Crippen LogP contribution in [-0.2, 0) is 14.6 Å². The minimum absolute atomic E-state index is 0.0290. The monoisotopic (exact) mass is 331 g/mol. The van der Waals surface area contributed by atoms with Crippen molar-refractivity contribution in [2.75, 3.05) is 12.3 Å². The zero-order valence-corrected chi connectivity index (χ0v) is 13.9. The molecule has 0 bridgehead atoms. The second-order valence-electron chi connectivity index (χ2n) is 5.50. The lowest BCUT2D eigenvalue weighted by Crippen LogP contribution is -2.29. The van der Waals surface area contributed by atoms with Crippen LogP contribution in [0.1, 0.15) is 24.8 Å². The van der Waals surface area contributed by atoms with Crippen molar-refractivity contribution in [3.8, 4) is 0 Å². The van der Waals surface area contributed by atoms with E-state index in [1.165, 1.54) is 0 Å². The lowest BCUT2D eigenvalue weighted by atomic mass is 10.0. The summed E-state index contributed by atoms with van der Waals surface area (Å²) >= 11 is 0. The second-order valence-corrected chi connectivity index (χ2v) is 7.61. The zero-order valence-electron chi connectivity index (χ0n) is 13.1. The molecule has 1 atom stereocenters. The summed E-state index contributed by atoms with van der Waals surface area (Å²) in [6.07, 6.45) is -0.0290. The van der Waals surface area contributed by atoms with Gasteiger partial charge in [0.05, 0.1) is 10.6 Å². The van der Waals surface area contributed by atoms with Crippen LogP contribution in [0.25, 0.3) is 0 Å². The van der Waals surface area contributed by atoms with Gasteiger partial charge in [-0.3, -0.25) is 4.79 Å². The molecule has 0 aliphatic rings. The first-order chi connectivity index (χ1) is 11.0. The van der Waals surface area contributed by atoms with Crippen molar-refractivity contribution in [3.63, 3.8) is 0 Å². The Morgan fingerprint density at radius 3 is 2.17 bits per heavy atom. The predicted octanol–water partition coefficient (Wildman–Crippen LogP) is 2.77. The van der Waals surface area contributed by atoms with Gasteiger partial charge in [0.1, 0.15) is 0 Å². The molecule has 1 unspecified atom stereocenters. The maximum atomic E-state index is 12.1. The summed E-state index contributed by atoms with van der Waals surface area (Å²) in [6.45, 7) is 2.52. The van der Waals surface area contributed by atoms with E-state index in [2.05, 4.69) is 5.32 Å². The van der Waals surface area contributed by atoms with Crippen molar-refractivity contribution >= 4 is 15.7 Å². The Morgan fingerprint density at radius 1 is 1.00 bits per heavy atom. The fourth-order valence-electron chi connectivity index (χ4n) is 2.23. The smallest absolute Gasteiger partial charge is 0.221 e. The lowest BCUT2D eigenvalue weighted by Gasteiger charge is -2.13. The lowest BCUT2D eigenvalue weighted by molar-refractivity contribution is -0.120. The third kappa shape index (κ3) is 5.21. The molecule has 122 valence electrons. The van der Waals surface area contributed by atoms with Crippen LogP contribution in [0.3, 0.4) is 0 Å². The van der Waals surface area contributed by atoms with Crippen molar-refractivity contribution in [2.45, 2.75) is 24.2 Å². The molecule has 0 saturated heterocycles. The van der Waals surface area contributed by atoms with Crippen LogP contribution in [0.4, 0.5) is 0 Å². The second kappa shape index (κ2) is 7.92. The van der Waals surface area contributed by atoms with Crippen LogP contribution < -0.4 is 5.32 Å². The summed E-state index contributed by atoms with van der Waals surface area (Å²) in [5.74, 6) is -0.235. The Labute approximate surface area is 137 Å². The van der Waals surface area contributed by atoms with E-state index in [-0.39, 0.29) is 28.9 Å². The van der Waals surface area contributed by atoms with E-state index < -0.39 is 9.84 Å². The topological polar surface area (TPSA) is 63.2 Å². The van der Waals surface area contributed by atoms with Crippen molar-refractivity contribution in [3.05, 3.63) is 66.2 Å². The highest BCUT2D eigenvalue weighted by molar-refractivity contribution is 7.91. The standard InChI is InChI=1S/C18H21NO3S/c1-15(16-8-4-2-5-9-16)14-19-18(20)12-13-23(21,22)17-10-6-3-7-11-17/h2-11,15H,12-14H2,1H3,(H,19,20). The molecule has 4 nitrogen and oxygen atoms in total. The molecule has 0 spiro atoms. The highest BCUT2D eigenvalue weighted by Gasteiger charge is 2.16. The molecule has 0 aliphatic carbocycles. The molecule has 2 aromatic carbocycles. The number of hydrogen-bond acceptors (Lipinski definition) is 3. The molecule has 0 fully saturated rings. The third-order valence-electron chi connectivity index (χ3n) is 3.67. The van der Waals surface area contributed by atoms with Gasteiger partial charge in [-0.2, -0.15) is 0 Å². The van der Waals surface area contributed by atoms with E-state index in [4.69, 9.17) is 0 Å². The molecule has 0 aromatic heterocycles. The summed E-state index contributed by atoms with van der Waals surface area (Å²) < 4.78 is 24.2. The van der Waals surface area contributed by atoms with Crippen molar-refractivity contribution in [1.82, 2.24) is 5.32 Å².